The maximum atomic E-state index is 12.3. The molecule has 2 aromatic carbocycles. The number of amides is 1. The molecular weight excluding hydrogens is 544 g/mol. The SMILES string of the molecule is O=C(N[C@@H](CCN(CCCCc1ccc2c(n1)NCCC2)CCOc1ccccc1)C(=O)O)Oc1ccc(Cl)cc1. The van der Waals surface area contributed by atoms with E-state index in [-0.39, 0.29) is 12.2 Å². The summed E-state index contributed by atoms with van der Waals surface area (Å²) in [6.07, 6.45) is 4.34. The third-order valence-electron chi connectivity index (χ3n) is 6.88. The molecule has 1 atom stereocenters. The van der Waals surface area contributed by atoms with Crippen molar-refractivity contribution < 1.29 is 24.2 Å². The van der Waals surface area contributed by atoms with Crippen LogP contribution in [0.4, 0.5) is 10.6 Å². The first-order valence-corrected chi connectivity index (χ1v) is 14.4. The Kier molecular flexibility index (Phi) is 11.6. The monoisotopic (exact) mass is 580 g/mol. The van der Waals surface area contributed by atoms with Crippen molar-refractivity contribution in [3.8, 4) is 11.5 Å². The molecule has 41 heavy (non-hydrogen) atoms. The van der Waals surface area contributed by atoms with Crippen LogP contribution in [0.15, 0.2) is 66.7 Å². The molecule has 1 aliphatic rings. The summed E-state index contributed by atoms with van der Waals surface area (Å²) in [6, 6.07) is 19.0. The molecule has 10 heteroatoms. The van der Waals surface area contributed by atoms with Crippen LogP contribution >= 0.6 is 11.6 Å². The molecule has 1 amide bonds. The lowest BCUT2D eigenvalue weighted by molar-refractivity contribution is -0.139. The van der Waals surface area contributed by atoms with E-state index in [0.717, 1.165) is 62.5 Å². The van der Waals surface area contributed by atoms with Gasteiger partial charge in [0, 0.05) is 30.4 Å². The fourth-order valence-corrected chi connectivity index (χ4v) is 4.77. The number of nitrogens with zero attached hydrogens (tertiary/aromatic N) is 2. The number of unbranched alkanes of at least 4 members (excludes halogenated alkanes) is 1. The topological polar surface area (TPSA) is 113 Å². The Labute approximate surface area is 245 Å². The molecular formula is C31H37ClN4O5. The third kappa shape index (κ3) is 10.3. The van der Waals surface area contributed by atoms with Crippen LogP contribution < -0.4 is 20.1 Å². The number of aliphatic carboxylic acids is 1. The van der Waals surface area contributed by atoms with E-state index >= 15 is 0 Å². The highest BCUT2D eigenvalue weighted by Crippen LogP contribution is 2.20. The van der Waals surface area contributed by atoms with Crippen molar-refractivity contribution in [2.75, 3.05) is 38.1 Å². The maximum absolute atomic E-state index is 12.3. The van der Waals surface area contributed by atoms with E-state index in [9.17, 15) is 14.7 Å². The lowest BCUT2D eigenvalue weighted by Crippen LogP contribution is -2.44. The summed E-state index contributed by atoms with van der Waals surface area (Å²) in [5, 5.41) is 16.1. The summed E-state index contributed by atoms with van der Waals surface area (Å²) >= 11 is 5.87. The van der Waals surface area contributed by atoms with Gasteiger partial charge in [-0.25, -0.2) is 14.6 Å². The van der Waals surface area contributed by atoms with Gasteiger partial charge in [0.15, 0.2) is 0 Å². The molecule has 4 rings (SSSR count). The number of carbonyl (C=O) groups excluding carboxylic acids is 1. The number of benzene rings is 2. The molecule has 3 N–H and O–H groups in total. The van der Waals surface area contributed by atoms with Crippen LogP contribution in [0.2, 0.25) is 5.02 Å². The zero-order valence-electron chi connectivity index (χ0n) is 23.1. The second-order valence-electron chi connectivity index (χ2n) is 9.97. The average molecular weight is 581 g/mol. The Bertz CT molecular complexity index is 1260. The summed E-state index contributed by atoms with van der Waals surface area (Å²) in [6.45, 7) is 3.29. The zero-order valence-corrected chi connectivity index (χ0v) is 23.8. The van der Waals surface area contributed by atoms with Crippen LogP contribution in [0.1, 0.15) is 36.9 Å². The van der Waals surface area contributed by atoms with E-state index in [1.54, 1.807) is 24.3 Å². The van der Waals surface area contributed by atoms with Crippen molar-refractivity contribution >= 4 is 29.5 Å². The van der Waals surface area contributed by atoms with Crippen molar-refractivity contribution in [2.45, 2.75) is 44.6 Å². The summed E-state index contributed by atoms with van der Waals surface area (Å²) < 4.78 is 11.1. The first kappa shape index (κ1) is 30.1. The molecule has 9 nitrogen and oxygen atoms in total. The van der Waals surface area contributed by atoms with Gasteiger partial charge >= 0.3 is 12.1 Å². The van der Waals surface area contributed by atoms with Gasteiger partial charge in [-0.3, -0.25) is 4.90 Å². The summed E-state index contributed by atoms with van der Waals surface area (Å²) in [5.41, 5.74) is 2.36. The van der Waals surface area contributed by atoms with Crippen LogP contribution in [-0.4, -0.2) is 65.9 Å². The third-order valence-corrected chi connectivity index (χ3v) is 7.13. The Morgan fingerprint density at radius 1 is 1.00 bits per heavy atom. The molecule has 0 fully saturated rings. The summed E-state index contributed by atoms with van der Waals surface area (Å²) in [7, 11) is 0. The van der Waals surface area contributed by atoms with Crippen molar-refractivity contribution in [3.63, 3.8) is 0 Å². The number of hydrogen-bond acceptors (Lipinski definition) is 7. The van der Waals surface area contributed by atoms with Crippen LogP contribution in [0.3, 0.4) is 0 Å². The van der Waals surface area contributed by atoms with E-state index in [0.29, 0.717) is 24.7 Å². The molecule has 0 bridgehead atoms. The van der Waals surface area contributed by atoms with Gasteiger partial charge in [0.1, 0.15) is 30.0 Å². The number of fused-ring (bicyclic) bond motifs is 1. The highest BCUT2D eigenvalue weighted by atomic mass is 35.5. The molecule has 0 unspecified atom stereocenters. The van der Waals surface area contributed by atoms with E-state index < -0.39 is 18.1 Å². The van der Waals surface area contributed by atoms with Gasteiger partial charge in [-0.1, -0.05) is 35.9 Å². The summed E-state index contributed by atoms with van der Waals surface area (Å²) in [4.78, 5) is 31.2. The molecule has 1 aromatic heterocycles. The van der Waals surface area contributed by atoms with Crippen molar-refractivity contribution in [3.05, 3.63) is 83.0 Å². The molecule has 0 saturated carbocycles. The standard InChI is InChI=1S/C31H37ClN4O5/c32-24-12-15-27(16-13-24)41-31(39)35-28(30(37)38)17-20-36(21-22-40-26-9-2-1-3-10-26)19-5-4-8-25-14-11-23-7-6-18-33-29(23)34-25/h1-3,9-16,28H,4-8,17-22H2,(H,33,34)(H,35,39)(H,37,38)/t28-/m0/s1. The molecule has 3 aromatic rings. The molecule has 1 aliphatic heterocycles. The minimum absolute atomic E-state index is 0.217. The molecule has 0 saturated heterocycles. The number of rotatable bonds is 15. The van der Waals surface area contributed by atoms with Crippen molar-refractivity contribution in [1.82, 2.24) is 15.2 Å². The normalized spacial score (nSPS) is 13.1. The number of para-hydroxylation sites is 1. The van der Waals surface area contributed by atoms with Crippen LogP contribution in [0.25, 0.3) is 0 Å². The number of aryl methyl sites for hydroxylation is 2. The Morgan fingerprint density at radius 2 is 1.80 bits per heavy atom. The number of halogens is 1. The van der Waals surface area contributed by atoms with Crippen LogP contribution in [0, 0.1) is 0 Å². The van der Waals surface area contributed by atoms with Gasteiger partial charge in [-0.2, -0.15) is 0 Å². The molecule has 0 radical (unpaired) electrons. The van der Waals surface area contributed by atoms with Crippen molar-refractivity contribution in [1.29, 1.82) is 0 Å². The highest BCUT2D eigenvalue weighted by molar-refractivity contribution is 6.30. The Morgan fingerprint density at radius 3 is 2.59 bits per heavy atom. The van der Waals surface area contributed by atoms with Crippen molar-refractivity contribution in [2.24, 2.45) is 0 Å². The first-order chi connectivity index (χ1) is 20.0. The quantitative estimate of drug-likeness (QED) is 0.204. The fourth-order valence-electron chi connectivity index (χ4n) is 4.64. The number of carbonyl (C=O) groups is 2. The summed E-state index contributed by atoms with van der Waals surface area (Å²) in [5.74, 6) is 0.954. The fraction of sp³-hybridized carbons (Fsp3) is 0.387. The largest absolute Gasteiger partial charge is 0.492 e. The number of aromatic nitrogens is 1. The lowest BCUT2D eigenvalue weighted by Gasteiger charge is -2.24. The van der Waals surface area contributed by atoms with E-state index in [1.807, 2.05) is 30.3 Å². The van der Waals surface area contributed by atoms with Gasteiger partial charge in [0.2, 0.25) is 0 Å². The van der Waals surface area contributed by atoms with Gasteiger partial charge in [0.25, 0.3) is 0 Å². The van der Waals surface area contributed by atoms with E-state index in [4.69, 9.17) is 26.1 Å². The predicted octanol–water partition coefficient (Wildman–Crippen LogP) is 5.43. The number of pyridine rings is 1. The lowest BCUT2D eigenvalue weighted by atomic mass is 10.1. The number of anilines is 1. The van der Waals surface area contributed by atoms with Gasteiger partial charge < -0.3 is 25.2 Å². The molecule has 0 spiro atoms. The number of hydrogen-bond donors (Lipinski definition) is 3. The Balaban J connectivity index is 1.28. The molecule has 2 heterocycles. The van der Waals surface area contributed by atoms with Gasteiger partial charge in [-0.15, -0.1) is 0 Å². The smallest absolute Gasteiger partial charge is 0.413 e. The number of carboxylic acid groups (broad SMARTS) is 1. The van der Waals surface area contributed by atoms with E-state index in [2.05, 4.69) is 27.7 Å². The minimum atomic E-state index is -1.12. The van der Waals surface area contributed by atoms with Crippen LogP contribution in [0.5, 0.6) is 11.5 Å². The number of ether oxygens (including phenoxy) is 2. The average Bonchev–Trinajstić information content (AvgIpc) is 2.98. The van der Waals surface area contributed by atoms with Gasteiger partial charge in [0.05, 0.1) is 0 Å². The second-order valence-corrected chi connectivity index (χ2v) is 10.4. The van der Waals surface area contributed by atoms with E-state index in [1.165, 1.54) is 5.56 Å². The molecule has 218 valence electrons. The highest BCUT2D eigenvalue weighted by Gasteiger charge is 2.22. The number of nitrogens with one attached hydrogen (secondary N) is 2. The first-order valence-electron chi connectivity index (χ1n) is 14.1. The maximum Gasteiger partial charge on any atom is 0.413 e. The molecule has 0 aliphatic carbocycles. The van der Waals surface area contributed by atoms with Gasteiger partial charge in [-0.05, 0) is 93.1 Å². The minimum Gasteiger partial charge on any atom is -0.492 e. The second kappa shape index (κ2) is 15.8. The number of carboxylic acids is 1. The Hall–Kier alpha value is -3.82. The van der Waals surface area contributed by atoms with Crippen LogP contribution in [-0.2, 0) is 17.6 Å². The predicted molar refractivity (Wildman–Crippen MR) is 159 cm³/mol. The zero-order chi connectivity index (χ0) is 28.9.